The number of rotatable bonds is 5. The van der Waals surface area contributed by atoms with Crippen molar-refractivity contribution in [3.63, 3.8) is 0 Å². The first-order chi connectivity index (χ1) is 13.2. The Balaban J connectivity index is 1.63. The number of benzene rings is 2. The predicted molar refractivity (Wildman–Crippen MR) is 101 cm³/mol. The van der Waals surface area contributed by atoms with Gasteiger partial charge in [0.15, 0.2) is 11.5 Å². The maximum absolute atomic E-state index is 6.17. The molecule has 2 aromatic heterocycles. The highest BCUT2D eigenvalue weighted by molar-refractivity contribution is 6.30. The van der Waals surface area contributed by atoms with Gasteiger partial charge >= 0.3 is 0 Å². The second-order valence-electron chi connectivity index (χ2n) is 5.59. The lowest BCUT2D eigenvalue weighted by Crippen LogP contribution is -2.02. The number of ether oxygens (including phenoxy) is 1. The van der Waals surface area contributed by atoms with Crippen LogP contribution in [-0.4, -0.2) is 31.7 Å². The lowest BCUT2D eigenvalue weighted by atomic mass is 10.2. The van der Waals surface area contributed by atoms with Crippen LogP contribution in [0.25, 0.3) is 28.7 Å². The Morgan fingerprint density at radius 1 is 1.11 bits per heavy atom. The molecule has 0 unspecified atom stereocenters. The van der Waals surface area contributed by atoms with Crippen LogP contribution in [0.15, 0.2) is 53.1 Å². The van der Waals surface area contributed by atoms with E-state index in [1.54, 1.807) is 24.3 Å². The highest BCUT2D eigenvalue weighted by atomic mass is 35.5. The van der Waals surface area contributed by atoms with E-state index in [-0.39, 0.29) is 5.89 Å². The van der Waals surface area contributed by atoms with E-state index in [1.165, 1.54) is 4.68 Å². The molecule has 0 amide bonds. The fourth-order valence-corrected chi connectivity index (χ4v) is 2.64. The van der Waals surface area contributed by atoms with Gasteiger partial charge < -0.3 is 15.0 Å². The smallest absolute Gasteiger partial charge is 0.282 e. The van der Waals surface area contributed by atoms with Crippen LogP contribution in [-0.2, 0) is 0 Å². The van der Waals surface area contributed by atoms with Crippen molar-refractivity contribution in [3.8, 4) is 34.4 Å². The molecule has 136 valence electrons. The topological polar surface area (TPSA) is 105 Å². The van der Waals surface area contributed by atoms with Crippen molar-refractivity contribution in [3.05, 3.63) is 53.6 Å². The van der Waals surface area contributed by atoms with Crippen LogP contribution >= 0.6 is 11.6 Å². The third-order valence-corrected chi connectivity index (χ3v) is 4.08. The zero-order valence-electron chi connectivity index (χ0n) is 14.3. The third kappa shape index (κ3) is 3.34. The number of aromatic nitrogens is 5. The zero-order valence-corrected chi connectivity index (χ0v) is 15.1. The molecule has 0 spiro atoms. The Hall–Kier alpha value is -3.39. The average molecular weight is 383 g/mol. The standard InChI is InChI=1S/C18H15ClN6O2/c1-2-26-14-9-3-11(4-10-14)17-21-18(27-23-17)15-16(20)25(24-22-15)13-7-5-12(19)6-8-13/h3-10H,2,20H2,1H3. The maximum atomic E-state index is 6.17. The number of hydrogen-bond donors (Lipinski definition) is 1. The molecule has 2 heterocycles. The molecule has 27 heavy (non-hydrogen) atoms. The summed E-state index contributed by atoms with van der Waals surface area (Å²) in [6.45, 7) is 2.54. The predicted octanol–water partition coefficient (Wildman–Crippen LogP) is 3.62. The molecule has 0 fully saturated rings. The van der Waals surface area contributed by atoms with Gasteiger partial charge in [0.25, 0.3) is 5.89 Å². The SMILES string of the molecule is CCOc1ccc(-c2noc(-c3nnn(-c4ccc(Cl)cc4)c3N)n2)cc1. The van der Waals surface area contributed by atoms with E-state index in [9.17, 15) is 0 Å². The number of hydrogen-bond acceptors (Lipinski definition) is 7. The van der Waals surface area contributed by atoms with Gasteiger partial charge in [0.05, 0.1) is 12.3 Å². The molecule has 9 heteroatoms. The molecule has 4 aromatic rings. The number of nitrogens with two attached hydrogens (primary N) is 1. The highest BCUT2D eigenvalue weighted by Gasteiger charge is 2.19. The van der Waals surface area contributed by atoms with Crippen molar-refractivity contribution in [1.82, 2.24) is 25.1 Å². The Morgan fingerprint density at radius 2 is 1.85 bits per heavy atom. The number of halogens is 1. The van der Waals surface area contributed by atoms with Crippen molar-refractivity contribution in [2.75, 3.05) is 12.3 Å². The molecule has 0 aliphatic carbocycles. The Kier molecular flexibility index (Phi) is 4.47. The summed E-state index contributed by atoms with van der Waals surface area (Å²) in [5.41, 5.74) is 7.99. The summed E-state index contributed by atoms with van der Waals surface area (Å²) >= 11 is 5.91. The summed E-state index contributed by atoms with van der Waals surface area (Å²) in [5, 5.41) is 12.7. The molecular formula is C18H15ClN6O2. The van der Waals surface area contributed by atoms with E-state index >= 15 is 0 Å². The second kappa shape index (κ2) is 7.08. The lowest BCUT2D eigenvalue weighted by Gasteiger charge is -2.02. The fourth-order valence-electron chi connectivity index (χ4n) is 2.52. The molecule has 0 bridgehead atoms. The van der Waals surface area contributed by atoms with Gasteiger partial charge in [0, 0.05) is 10.6 Å². The van der Waals surface area contributed by atoms with Gasteiger partial charge in [-0.25, -0.2) is 0 Å². The van der Waals surface area contributed by atoms with Crippen LogP contribution in [0.4, 0.5) is 5.82 Å². The monoisotopic (exact) mass is 382 g/mol. The lowest BCUT2D eigenvalue weighted by molar-refractivity contribution is 0.340. The summed E-state index contributed by atoms with van der Waals surface area (Å²) in [6.07, 6.45) is 0. The summed E-state index contributed by atoms with van der Waals surface area (Å²) < 4.78 is 12.2. The first-order valence-electron chi connectivity index (χ1n) is 8.20. The molecule has 0 aliphatic heterocycles. The van der Waals surface area contributed by atoms with Crippen LogP contribution < -0.4 is 10.5 Å². The third-order valence-electron chi connectivity index (χ3n) is 3.83. The fraction of sp³-hybridized carbons (Fsp3) is 0.111. The number of nitrogens with zero attached hydrogens (tertiary/aromatic N) is 5. The van der Waals surface area contributed by atoms with E-state index in [4.69, 9.17) is 26.6 Å². The van der Waals surface area contributed by atoms with Gasteiger partial charge in [-0.2, -0.15) is 9.67 Å². The van der Waals surface area contributed by atoms with Crippen LogP contribution in [0, 0.1) is 0 Å². The van der Waals surface area contributed by atoms with E-state index in [1.807, 2.05) is 31.2 Å². The van der Waals surface area contributed by atoms with Gasteiger partial charge in [-0.3, -0.25) is 0 Å². The van der Waals surface area contributed by atoms with E-state index in [2.05, 4.69) is 20.5 Å². The highest BCUT2D eigenvalue weighted by Crippen LogP contribution is 2.27. The number of anilines is 1. The molecule has 0 atom stereocenters. The maximum Gasteiger partial charge on any atom is 0.282 e. The number of nitrogen functional groups attached to an aromatic ring is 1. The first kappa shape index (κ1) is 17.0. The summed E-state index contributed by atoms with van der Waals surface area (Å²) in [7, 11) is 0. The van der Waals surface area contributed by atoms with Crippen molar-refractivity contribution in [1.29, 1.82) is 0 Å². The minimum absolute atomic E-state index is 0.191. The Labute approximate surface area is 159 Å². The van der Waals surface area contributed by atoms with E-state index in [0.29, 0.717) is 29.0 Å². The van der Waals surface area contributed by atoms with Gasteiger partial charge in [0.1, 0.15) is 5.75 Å². The first-order valence-corrected chi connectivity index (χ1v) is 8.58. The van der Waals surface area contributed by atoms with Crippen LogP contribution in [0.1, 0.15) is 6.92 Å². The van der Waals surface area contributed by atoms with Crippen molar-refractivity contribution in [2.24, 2.45) is 0 Å². The molecule has 0 saturated carbocycles. The molecule has 2 N–H and O–H groups in total. The Bertz CT molecular complexity index is 1060. The zero-order chi connectivity index (χ0) is 18.8. The molecule has 0 aliphatic rings. The normalized spacial score (nSPS) is 10.9. The summed E-state index contributed by atoms with van der Waals surface area (Å²) in [4.78, 5) is 4.37. The second-order valence-corrected chi connectivity index (χ2v) is 6.03. The van der Waals surface area contributed by atoms with E-state index < -0.39 is 0 Å². The van der Waals surface area contributed by atoms with Gasteiger partial charge in [0.2, 0.25) is 5.82 Å². The van der Waals surface area contributed by atoms with Crippen molar-refractivity contribution in [2.45, 2.75) is 6.92 Å². The molecular weight excluding hydrogens is 368 g/mol. The summed E-state index contributed by atoms with van der Waals surface area (Å²) in [6, 6.07) is 14.5. The summed E-state index contributed by atoms with van der Waals surface area (Å²) in [5.74, 6) is 1.68. The van der Waals surface area contributed by atoms with Crippen molar-refractivity contribution >= 4 is 17.4 Å². The van der Waals surface area contributed by atoms with Crippen LogP contribution in [0.5, 0.6) is 5.75 Å². The minimum atomic E-state index is 0.191. The van der Waals surface area contributed by atoms with Gasteiger partial charge in [-0.1, -0.05) is 22.0 Å². The van der Waals surface area contributed by atoms with Gasteiger partial charge in [-0.15, -0.1) is 5.10 Å². The average Bonchev–Trinajstić information content (AvgIpc) is 3.30. The molecule has 8 nitrogen and oxygen atoms in total. The molecule has 0 saturated heterocycles. The van der Waals surface area contributed by atoms with Crippen LogP contribution in [0.3, 0.4) is 0 Å². The van der Waals surface area contributed by atoms with Crippen molar-refractivity contribution < 1.29 is 9.26 Å². The Morgan fingerprint density at radius 3 is 2.56 bits per heavy atom. The van der Waals surface area contributed by atoms with Crippen LogP contribution in [0.2, 0.25) is 5.02 Å². The molecule has 2 aromatic carbocycles. The molecule has 0 radical (unpaired) electrons. The van der Waals surface area contributed by atoms with E-state index in [0.717, 1.165) is 17.0 Å². The molecule has 4 rings (SSSR count). The largest absolute Gasteiger partial charge is 0.494 e. The minimum Gasteiger partial charge on any atom is -0.494 e. The van der Waals surface area contributed by atoms with Gasteiger partial charge in [-0.05, 0) is 55.5 Å². The quantitative estimate of drug-likeness (QED) is 0.562.